The van der Waals surface area contributed by atoms with E-state index in [-0.39, 0.29) is 29.3 Å². The summed E-state index contributed by atoms with van der Waals surface area (Å²) in [5, 5.41) is 6.62. The van der Waals surface area contributed by atoms with Crippen molar-refractivity contribution in [1.29, 1.82) is 0 Å². The van der Waals surface area contributed by atoms with Gasteiger partial charge in [-0.25, -0.2) is 4.98 Å². The molecule has 9 nitrogen and oxygen atoms in total. The standard InChI is InChI=1S/C23H30N6O3/c30-21-16-14-28(22(31)15-6-2-1-3-7-15)13-10-17(16)25-20(26-21)19-8-4-5-12-29(19)23(32)18-9-11-24-27-18/h9,11,15,19H,1-8,10,12-14H2,(H,24,27)(H,25,26,30). The average Bonchev–Trinajstić information content (AvgIpc) is 3.38. The third-order valence-electron chi connectivity index (χ3n) is 7.16. The minimum absolute atomic E-state index is 0.0981. The highest BCUT2D eigenvalue weighted by Crippen LogP contribution is 2.31. The van der Waals surface area contributed by atoms with Gasteiger partial charge in [0.25, 0.3) is 11.5 Å². The molecule has 2 aromatic rings. The van der Waals surface area contributed by atoms with E-state index in [1.165, 1.54) is 6.42 Å². The van der Waals surface area contributed by atoms with Crippen LogP contribution in [0.1, 0.15) is 85.0 Å². The zero-order chi connectivity index (χ0) is 22.1. The first-order valence-corrected chi connectivity index (χ1v) is 11.8. The van der Waals surface area contributed by atoms with Crippen LogP contribution in [-0.2, 0) is 17.8 Å². The summed E-state index contributed by atoms with van der Waals surface area (Å²) in [6, 6.07) is 1.40. The van der Waals surface area contributed by atoms with E-state index in [0.29, 0.717) is 43.1 Å². The molecule has 9 heteroatoms. The van der Waals surface area contributed by atoms with E-state index in [2.05, 4.69) is 15.2 Å². The van der Waals surface area contributed by atoms with Gasteiger partial charge >= 0.3 is 0 Å². The quantitative estimate of drug-likeness (QED) is 0.763. The van der Waals surface area contributed by atoms with E-state index in [1.807, 2.05) is 4.90 Å². The van der Waals surface area contributed by atoms with Crippen molar-refractivity contribution in [3.05, 3.63) is 45.4 Å². The Morgan fingerprint density at radius 3 is 2.62 bits per heavy atom. The molecule has 5 rings (SSSR count). The number of aromatic nitrogens is 4. The number of nitrogens with zero attached hydrogens (tertiary/aromatic N) is 4. The molecule has 3 aliphatic rings. The molecule has 1 atom stereocenters. The molecule has 4 heterocycles. The SMILES string of the molecule is O=C(C1CCCCC1)N1CCc2nc(C3CCCCN3C(=O)c3ccn[nH]3)[nH]c(=O)c2C1. The van der Waals surface area contributed by atoms with Gasteiger partial charge < -0.3 is 14.8 Å². The zero-order valence-electron chi connectivity index (χ0n) is 18.3. The molecule has 1 aliphatic carbocycles. The van der Waals surface area contributed by atoms with Crippen LogP contribution in [0.4, 0.5) is 0 Å². The van der Waals surface area contributed by atoms with Crippen LogP contribution >= 0.6 is 0 Å². The van der Waals surface area contributed by atoms with E-state index in [9.17, 15) is 14.4 Å². The highest BCUT2D eigenvalue weighted by atomic mass is 16.2. The molecule has 2 amide bonds. The number of fused-ring (bicyclic) bond motifs is 1. The molecule has 0 radical (unpaired) electrons. The van der Waals surface area contributed by atoms with Crippen LogP contribution in [-0.4, -0.2) is 54.9 Å². The first-order valence-electron chi connectivity index (χ1n) is 11.8. The molecular weight excluding hydrogens is 408 g/mol. The molecule has 1 saturated carbocycles. The maximum atomic E-state index is 13.0. The van der Waals surface area contributed by atoms with Gasteiger partial charge in [0.15, 0.2) is 0 Å². The topological polar surface area (TPSA) is 115 Å². The Bertz CT molecular complexity index is 1040. The number of hydrogen-bond acceptors (Lipinski definition) is 5. The summed E-state index contributed by atoms with van der Waals surface area (Å²) in [7, 11) is 0. The van der Waals surface area contributed by atoms with Gasteiger partial charge in [-0.05, 0) is 38.2 Å². The Morgan fingerprint density at radius 1 is 1.03 bits per heavy atom. The molecule has 32 heavy (non-hydrogen) atoms. The van der Waals surface area contributed by atoms with E-state index in [4.69, 9.17) is 4.98 Å². The average molecular weight is 439 g/mol. The van der Waals surface area contributed by atoms with Gasteiger partial charge in [0, 0.05) is 31.6 Å². The van der Waals surface area contributed by atoms with Gasteiger partial charge in [0.2, 0.25) is 5.91 Å². The Hall–Kier alpha value is -2.97. The maximum Gasteiger partial charge on any atom is 0.272 e. The minimum Gasteiger partial charge on any atom is -0.337 e. The Balaban J connectivity index is 1.37. The smallest absolute Gasteiger partial charge is 0.272 e. The lowest BCUT2D eigenvalue weighted by atomic mass is 9.88. The molecule has 1 unspecified atom stereocenters. The predicted octanol–water partition coefficient (Wildman–Crippen LogP) is 2.33. The lowest BCUT2D eigenvalue weighted by Gasteiger charge is -2.36. The molecule has 0 bridgehead atoms. The van der Waals surface area contributed by atoms with Crippen molar-refractivity contribution in [3.8, 4) is 0 Å². The second kappa shape index (κ2) is 8.88. The highest BCUT2D eigenvalue weighted by molar-refractivity contribution is 5.92. The monoisotopic (exact) mass is 438 g/mol. The molecule has 0 spiro atoms. The molecule has 2 fully saturated rings. The molecule has 2 aliphatic heterocycles. The van der Waals surface area contributed by atoms with E-state index in [0.717, 1.165) is 50.6 Å². The van der Waals surface area contributed by atoms with Gasteiger partial charge in [-0.3, -0.25) is 19.5 Å². The van der Waals surface area contributed by atoms with Crippen LogP contribution in [0.25, 0.3) is 0 Å². The number of nitrogens with one attached hydrogen (secondary N) is 2. The Morgan fingerprint density at radius 2 is 1.84 bits per heavy atom. The summed E-state index contributed by atoms with van der Waals surface area (Å²) in [5.41, 5.74) is 1.60. The van der Waals surface area contributed by atoms with Crippen LogP contribution in [0.15, 0.2) is 17.1 Å². The van der Waals surface area contributed by atoms with E-state index < -0.39 is 0 Å². The van der Waals surface area contributed by atoms with E-state index in [1.54, 1.807) is 17.2 Å². The minimum atomic E-state index is -0.264. The summed E-state index contributed by atoms with van der Waals surface area (Å²) in [6.45, 7) is 1.54. The maximum absolute atomic E-state index is 13.0. The van der Waals surface area contributed by atoms with Crippen LogP contribution in [0, 0.1) is 5.92 Å². The van der Waals surface area contributed by atoms with Gasteiger partial charge in [-0.15, -0.1) is 0 Å². The second-order valence-electron chi connectivity index (χ2n) is 9.20. The third-order valence-corrected chi connectivity index (χ3v) is 7.16. The molecule has 1 saturated heterocycles. The fourth-order valence-corrected chi connectivity index (χ4v) is 5.39. The molecule has 2 aromatic heterocycles. The van der Waals surface area contributed by atoms with Gasteiger partial charge in [0.05, 0.1) is 23.8 Å². The van der Waals surface area contributed by atoms with Gasteiger partial charge in [-0.2, -0.15) is 5.10 Å². The second-order valence-corrected chi connectivity index (χ2v) is 9.20. The first kappa shape index (κ1) is 20.9. The zero-order valence-corrected chi connectivity index (χ0v) is 18.3. The summed E-state index contributed by atoms with van der Waals surface area (Å²) < 4.78 is 0. The molecule has 2 N–H and O–H groups in total. The van der Waals surface area contributed by atoms with Crippen molar-refractivity contribution < 1.29 is 9.59 Å². The number of aromatic amines is 2. The number of carbonyl (C=O) groups is 2. The number of piperidine rings is 1. The largest absolute Gasteiger partial charge is 0.337 e. The summed E-state index contributed by atoms with van der Waals surface area (Å²) in [4.78, 5) is 50.3. The van der Waals surface area contributed by atoms with Crippen LogP contribution < -0.4 is 5.56 Å². The number of rotatable bonds is 3. The normalized spacial score (nSPS) is 21.9. The number of amides is 2. The van der Waals surface area contributed by atoms with Crippen molar-refractivity contribution in [2.24, 2.45) is 5.92 Å². The van der Waals surface area contributed by atoms with Crippen LogP contribution in [0.2, 0.25) is 0 Å². The van der Waals surface area contributed by atoms with E-state index >= 15 is 0 Å². The Labute approximate surface area is 186 Å². The van der Waals surface area contributed by atoms with Crippen molar-refractivity contribution in [2.75, 3.05) is 13.1 Å². The lowest BCUT2D eigenvalue weighted by molar-refractivity contribution is -0.137. The van der Waals surface area contributed by atoms with Crippen LogP contribution in [0.3, 0.4) is 0 Å². The van der Waals surface area contributed by atoms with Crippen molar-refractivity contribution in [3.63, 3.8) is 0 Å². The van der Waals surface area contributed by atoms with Crippen molar-refractivity contribution in [2.45, 2.75) is 70.4 Å². The summed E-state index contributed by atoms with van der Waals surface area (Å²) in [6.07, 6.45) is 10.1. The number of likely N-dealkylation sites (tertiary alicyclic amines) is 1. The lowest BCUT2D eigenvalue weighted by Crippen LogP contribution is -2.44. The molecule has 0 aromatic carbocycles. The number of hydrogen-bond donors (Lipinski definition) is 2. The molecule has 170 valence electrons. The fraction of sp³-hybridized carbons (Fsp3) is 0.609. The van der Waals surface area contributed by atoms with Crippen LogP contribution in [0.5, 0.6) is 0 Å². The fourth-order valence-electron chi connectivity index (χ4n) is 5.39. The van der Waals surface area contributed by atoms with Crippen molar-refractivity contribution >= 4 is 11.8 Å². The summed E-state index contributed by atoms with van der Waals surface area (Å²) in [5.74, 6) is 0.702. The van der Waals surface area contributed by atoms with Crippen molar-refractivity contribution in [1.82, 2.24) is 30.0 Å². The molecular formula is C23H30N6O3. The highest BCUT2D eigenvalue weighted by Gasteiger charge is 2.34. The number of carbonyl (C=O) groups excluding carboxylic acids is 2. The summed E-state index contributed by atoms with van der Waals surface area (Å²) >= 11 is 0. The number of H-pyrrole nitrogens is 2. The predicted molar refractivity (Wildman–Crippen MR) is 117 cm³/mol. The van der Waals surface area contributed by atoms with Gasteiger partial charge in [-0.1, -0.05) is 19.3 Å². The first-order chi connectivity index (χ1) is 15.6. The Kier molecular flexibility index (Phi) is 5.80. The van der Waals surface area contributed by atoms with Gasteiger partial charge in [0.1, 0.15) is 11.5 Å². The third kappa shape index (κ3) is 3.96.